The van der Waals surface area contributed by atoms with Crippen LogP contribution in [0.5, 0.6) is 0 Å². The first-order valence-corrected chi connectivity index (χ1v) is 6.63. The normalized spacial score (nSPS) is 12.1. The maximum absolute atomic E-state index is 11.9. The van der Waals surface area contributed by atoms with Gasteiger partial charge in [-0.1, -0.05) is 25.8 Å². The lowest BCUT2D eigenvalue weighted by Crippen LogP contribution is -2.35. The highest BCUT2D eigenvalue weighted by Crippen LogP contribution is 2.20. The number of hydrogen-bond donors (Lipinski definition) is 2. The van der Waals surface area contributed by atoms with Crippen molar-refractivity contribution in [2.45, 2.75) is 32.2 Å². The van der Waals surface area contributed by atoms with Crippen molar-refractivity contribution >= 4 is 11.6 Å². The van der Waals surface area contributed by atoms with Crippen LogP contribution >= 0.6 is 0 Å². The lowest BCUT2D eigenvalue weighted by molar-refractivity contribution is -0.117. The minimum Gasteiger partial charge on any atom is -0.423 e. The summed E-state index contributed by atoms with van der Waals surface area (Å²) in [5.41, 5.74) is 7.25. The molecule has 2 rings (SSSR count). The van der Waals surface area contributed by atoms with E-state index in [1.165, 1.54) is 6.39 Å². The van der Waals surface area contributed by atoms with Gasteiger partial charge in [-0.15, -0.1) is 10.2 Å². The largest absolute Gasteiger partial charge is 0.423 e. The Morgan fingerprint density at radius 2 is 2.35 bits per heavy atom. The van der Waals surface area contributed by atoms with Gasteiger partial charge < -0.3 is 15.5 Å². The standard InChI is InChI=1S/C14H18N4O2/c1-2-3-7-12(15)13(19)17-11-6-4-5-10(8-11)14-18-16-9-20-14/h4-6,8-9,12H,2-3,7,15H2,1H3,(H,17,19). The fourth-order valence-electron chi connectivity index (χ4n) is 1.82. The number of hydrogen-bond acceptors (Lipinski definition) is 5. The lowest BCUT2D eigenvalue weighted by Gasteiger charge is -2.12. The molecule has 1 amide bonds. The minimum atomic E-state index is -0.484. The number of unbranched alkanes of at least 4 members (excludes halogenated alkanes) is 1. The molecule has 6 heteroatoms. The van der Waals surface area contributed by atoms with Crippen molar-refractivity contribution in [1.82, 2.24) is 10.2 Å². The van der Waals surface area contributed by atoms with Gasteiger partial charge in [-0.3, -0.25) is 4.79 Å². The molecule has 0 aliphatic heterocycles. The molecule has 0 saturated carbocycles. The lowest BCUT2D eigenvalue weighted by atomic mass is 10.1. The molecule has 20 heavy (non-hydrogen) atoms. The van der Waals surface area contributed by atoms with Crippen LogP contribution in [0.3, 0.4) is 0 Å². The molecule has 0 aliphatic rings. The van der Waals surface area contributed by atoms with E-state index in [2.05, 4.69) is 22.4 Å². The first-order valence-electron chi connectivity index (χ1n) is 6.63. The van der Waals surface area contributed by atoms with E-state index in [0.717, 1.165) is 18.4 Å². The van der Waals surface area contributed by atoms with Gasteiger partial charge in [0.25, 0.3) is 0 Å². The Morgan fingerprint density at radius 1 is 1.50 bits per heavy atom. The van der Waals surface area contributed by atoms with E-state index in [0.29, 0.717) is 18.0 Å². The highest BCUT2D eigenvalue weighted by Gasteiger charge is 2.13. The van der Waals surface area contributed by atoms with Crippen molar-refractivity contribution in [3.63, 3.8) is 0 Å². The molecule has 2 aromatic rings. The number of aromatic nitrogens is 2. The summed E-state index contributed by atoms with van der Waals surface area (Å²) in [7, 11) is 0. The topological polar surface area (TPSA) is 94.0 Å². The summed E-state index contributed by atoms with van der Waals surface area (Å²) in [6.07, 6.45) is 3.91. The third-order valence-electron chi connectivity index (χ3n) is 2.94. The SMILES string of the molecule is CCCCC(N)C(=O)Nc1cccc(-c2nnco2)c1. The van der Waals surface area contributed by atoms with Crippen molar-refractivity contribution in [1.29, 1.82) is 0 Å². The first kappa shape index (κ1) is 14.2. The Morgan fingerprint density at radius 3 is 3.05 bits per heavy atom. The number of carbonyl (C=O) groups excluding carboxylic acids is 1. The highest BCUT2D eigenvalue weighted by atomic mass is 16.4. The van der Waals surface area contributed by atoms with E-state index in [4.69, 9.17) is 10.2 Å². The number of anilines is 1. The Kier molecular flexibility index (Phi) is 4.84. The van der Waals surface area contributed by atoms with Gasteiger partial charge in [0.05, 0.1) is 6.04 Å². The van der Waals surface area contributed by atoms with Gasteiger partial charge in [0.2, 0.25) is 18.2 Å². The second-order valence-electron chi connectivity index (χ2n) is 4.56. The van der Waals surface area contributed by atoms with E-state index in [9.17, 15) is 4.79 Å². The molecule has 1 heterocycles. The molecule has 0 bridgehead atoms. The number of nitrogens with two attached hydrogens (primary N) is 1. The number of rotatable bonds is 6. The van der Waals surface area contributed by atoms with Gasteiger partial charge in [0.1, 0.15) is 0 Å². The van der Waals surface area contributed by atoms with E-state index < -0.39 is 6.04 Å². The molecule has 1 unspecified atom stereocenters. The average Bonchev–Trinajstić information content (AvgIpc) is 2.99. The van der Waals surface area contributed by atoms with Crippen molar-refractivity contribution in [3.8, 4) is 11.5 Å². The van der Waals surface area contributed by atoms with Crippen molar-refractivity contribution in [3.05, 3.63) is 30.7 Å². The zero-order valence-corrected chi connectivity index (χ0v) is 11.4. The third kappa shape index (κ3) is 3.64. The fraction of sp³-hybridized carbons (Fsp3) is 0.357. The number of amides is 1. The van der Waals surface area contributed by atoms with Gasteiger partial charge in [-0.25, -0.2) is 0 Å². The van der Waals surface area contributed by atoms with Gasteiger partial charge in [-0.2, -0.15) is 0 Å². The second kappa shape index (κ2) is 6.81. The molecule has 6 nitrogen and oxygen atoms in total. The first-order chi connectivity index (χ1) is 9.70. The number of nitrogens with one attached hydrogen (secondary N) is 1. The van der Waals surface area contributed by atoms with Crippen LogP contribution in [0, 0.1) is 0 Å². The van der Waals surface area contributed by atoms with Crippen LogP contribution in [0.1, 0.15) is 26.2 Å². The second-order valence-corrected chi connectivity index (χ2v) is 4.56. The number of nitrogens with zero attached hydrogens (tertiary/aromatic N) is 2. The summed E-state index contributed by atoms with van der Waals surface area (Å²) >= 11 is 0. The van der Waals surface area contributed by atoms with Gasteiger partial charge in [0, 0.05) is 11.3 Å². The maximum atomic E-state index is 11.9. The molecule has 106 valence electrons. The zero-order valence-electron chi connectivity index (χ0n) is 11.4. The Hall–Kier alpha value is -2.21. The number of benzene rings is 1. The summed E-state index contributed by atoms with van der Waals surface area (Å²) in [5.74, 6) is 0.234. The molecule has 0 spiro atoms. The summed E-state index contributed by atoms with van der Waals surface area (Å²) in [5, 5.41) is 10.3. The summed E-state index contributed by atoms with van der Waals surface area (Å²) < 4.78 is 5.12. The summed E-state index contributed by atoms with van der Waals surface area (Å²) in [4.78, 5) is 11.9. The van der Waals surface area contributed by atoms with Crippen LogP contribution < -0.4 is 11.1 Å². The van der Waals surface area contributed by atoms with Gasteiger partial charge in [-0.05, 0) is 24.6 Å². The van der Waals surface area contributed by atoms with E-state index in [-0.39, 0.29) is 5.91 Å². The third-order valence-corrected chi connectivity index (χ3v) is 2.94. The van der Waals surface area contributed by atoms with E-state index in [1.54, 1.807) is 12.1 Å². The van der Waals surface area contributed by atoms with E-state index >= 15 is 0 Å². The molecule has 1 aromatic carbocycles. The highest BCUT2D eigenvalue weighted by molar-refractivity contribution is 5.95. The fourth-order valence-corrected chi connectivity index (χ4v) is 1.82. The van der Waals surface area contributed by atoms with Crippen LogP contribution in [0.25, 0.3) is 11.5 Å². The van der Waals surface area contributed by atoms with Crippen molar-refractivity contribution in [2.75, 3.05) is 5.32 Å². The monoisotopic (exact) mass is 274 g/mol. The van der Waals surface area contributed by atoms with Gasteiger partial charge in [0.15, 0.2) is 0 Å². The maximum Gasteiger partial charge on any atom is 0.247 e. The predicted molar refractivity (Wildman–Crippen MR) is 75.9 cm³/mol. The molecule has 3 N–H and O–H groups in total. The summed E-state index contributed by atoms with van der Waals surface area (Å²) in [6.45, 7) is 2.07. The van der Waals surface area contributed by atoms with Crippen LogP contribution in [0.4, 0.5) is 5.69 Å². The van der Waals surface area contributed by atoms with Crippen molar-refractivity contribution in [2.24, 2.45) is 5.73 Å². The number of carbonyl (C=O) groups is 1. The quantitative estimate of drug-likeness (QED) is 0.842. The summed E-state index contributed by atoms with van der Waals surface area (Å²) in [6, 6.07) is 6.73. The van der Waals surface area contributed by atoms with Crippen LogP contribution in [0.2, 0.25) is 0 Å². The van der Waals surface area contributed by atoms with Crippen LogP contribution in [-0.4, -0.2) is 22.1 Å². The average molecular weight is 274 g/mol. The molecular weight excluding hydrogens is 256 g/mol. The van der Waals surface area contributed by atoms with Crippen molar-refractivity contribution < 1.29 is 9.21 Å². The Labute approximate surface area is 117 Å². The van der Waals surface area contributed by atoms with Crippen LogP contribution in [0.15, 0.2) is 35.1 Å². The van der Waals surface area contributed by atoms with Gasteiger partial charge >= 0.3 is 0 Å². The molecule has 0 saturated heterocycles. The predicted octanol–water partition coefficient (Wildman–Crippen LogP) is 2.19. The molecule has 0 fully saturated rings. The Balaban J connectivity index is 2.03. The molecular formula is C14H18N4O2. The van der Waals surface area contributed by atoms with Crippen LogP contribution in [-0.2, 0) is 4.79 Å². The smallest absolute Gasteiger partial charge is 0.247 e. The zero-order chi connectivity index (χ0) is 14.4. The van der Waals surface area contributed by atoms with E-state index in [1.807, 2.05) is 12.1 Å². The molecule has 0 radical (unpaired) electrons. The Bertz CT molecular complexity index is 554. The molecule has 1 atom stereocenters. The minimum absolute atomic E-state index is 0.180. The molecule has 1 aromatic heterocycles. The molecule has 0 aliphatic carbocycles.